The average Bonchev–Trinajstić information content (AvgIpc) is 2.78. The van der Waals surface area contributed by atoms with E-state index >= 15 is 0 Å². The maximum Gasteiger partial charge on any atom is 0.343 e. The Labute approximate surface area is 187 Å². The van der Waals surface area contributed by atoms with Gasteiger partial charge in [0.2, 0.25) is 0 Å². The summed E-state index contributed by atoms with van der Waals surface area (Å²) in [5.41, 5.74) is 3.33. The van der Waals surface area contributed by atoms with Gasteiger partial charge in [0, 0.05) is 0 Å². The maximum atomic E-state index is 12.6. The fourth-order valence-electron chi connectivity index (χ4n) is 4.68. The lowest BCUT2D eigenvalue weighted by Crippen LogP contribution is -2.14. The van der Waals surface area contributed by atoms with E-state index in [1.165, 1.54) is 50.5 Å². The molecule has 1 aliphatic rings. The molecule has 0 spiro atoms. The molecule has 2 aromatic carbocycles. The van der Waals surface area contributed by atoms with Crippen molar-refractivity contribution in [3.8, 4) is 11.8 Å². The minimum atomic E-state index is -0.414. The quantitative estimate of drug-likeness (QED) is 0.331. The van der Waals surface area contributed by atoms with E-state index in [0.717, 1.165) is 17.9 Å². The second-order valence-corrected chi connectivity index (χ2v) is 9.41. The fourth-order valence-corrected chi connectivity index (χ4v) is 4.68. The van der Waals surface area contributed by atoms with Crippen LogP contribution in [-0.4, -0.2) is 5.97 Å². The molecule has 0 radical (unpaired) electrons. The van der Waals surface area contributed by atoms with E-state index in [-0.39, 0.29) is 0 Å². The zero-order valence-corrected chi connectivity index (χ0v) is 19.2. The zero-order chi connectivity index (χ0) is 22.2. The minimum absolute atomic E-state index is 0.328. The van der Waals surface area contributed by atoms with Crippen LogP contribution < -0.4 is 4.74 Å². The number of benzene rings is 2. The molecule has 3 nitrogen and oxygen atoms in total. The molecule has 31 heavy (non-hydrogen) atoms. The highest BCUT2D eigenvalue weighted by atomic mass is 16.5. The minimum Gasteiger partial charge on any atom is -0.422 e. The number of esters is 1. The number of carbonyl (C=O) groups is 1. The summed E-state index contributed by atoms with van der Waals surface area (Å²) in [4.78, 5) is 12.6. The smallest absolute Gasteiger partial charge is 0.343 e. The van der Waals surface area contributed by atoms with Crippen LogP contribution in [0.25, 0.3) is 0 Å². The fraction of sp³-hybridized carbons (Fsp3) is 0.500. The Morgan fingerprint density at radius 2 is 1.81 bits per heavy atom. The lowest BCUT2D eigenvalue weighted by atomic mass is 9.77. The summed E-state index contributed by atoms with van der Waals surface area (Å²) in [6.45, 7) is 6.55. The highest BCUT2D eigenvalue weighted by Gasteiger charge is 2.22. The average molecular weight is 418 g/mol. The molecule has 3 rings (SSSR count). The van der Waals surface area contributed by atoms with E-state index in [4.69, 9.17) is 4.74 Å². The number of nitrogens with zero attached hydrogens (tertiary/aromatic N) is 1. The van der Waals surface area contributed by atoms with Gasteiger partial charge in [0.15, 0.2) is 0 Å². The van der Waals surface area contributed by atoms with Crippen LogP contribution in [0.15, 0.2) is 42.5 Å². The second kappa shape index (κ2) is 11.1. The number of rotatable bonds is 8. The summed E-state index contributed by atoms with van der Waals surface area (Å²) in [5.74, 6) is 1.91. The third-order valence-electron chi connectivity index (χ3n) is 6.44. The molecular formula is C28H35NO2. The van der Waals surface area contributed by atoms with Crippen molar-refractivity contribution in [1.29, 1.82) is 5.26 Å². The molecule has 0 saturated heterocycles. The molecule has 1 saturated carbocycles. The Kier molecular flexibility index (Phi) is 8.29. The Morgan fingerprint density at radius 3 is 2.42 bits per heavy atom. The molecular weight excluding hydrogens is 382 g/mol. The van der Waals surface area contributed by atoms with E-state index in [1.54, 1.807) is 6.07 Å². The van der Waals surface area contributed by atoms with Gasteiger partial charge in [0.05, 0.1) is 11.1 Å². The molecule has 1 fully saturated rings. The lowest BCUT2D eigenvalue weighted by Gasteiger charge is -2.28. The summed E-state index contributed by atoms with van der Waals surface area (Å²) in [7, 11) is 0. The van der Waals surface area contributed by atoms with Crippen molar-refractivity contribution >= 4 is 5.97 Å². The van der Waals surface area contributed by atoms with Crippen LogP contribution in [0.3, 0.4) is 0 Å². The van der Waals surface area contributed by atoms with Gasteiger partial charge in [-0.3, -0.25) is 0 Å². The first-order chi connectivity index (χ1) is 15.0. The first kappa shape index (κ1) is 23.1. The summed E-state index contributed by atoms with van der Waals surface area (Å²) >= 11 is 0. The van der Waals surface area contributed by atoms with Crippen molar-refractivity contribution in [2.45, 2.75) is 78.1 Å². The van der Waals surface area contributed by atoms with Crippen molar-refractivity contribution < 1.29 is 9.53 Å². The first-order valence-corrected chi connectivity index (χ1v) is 11.8. The number of hydrogen-bond donors (Lipinski definition) is 0. The SMILES string of the molecule is CCCCC1CCC(c2ccc(C(=O)Oc3ccc(CC(C)C)cc3C#N)cc2)CC1. The first-order valence-electron chi connectivity index (χ1n) is 11.8. The predicted molar refractivity (Wildman–Crippen MR) is 125 cm³/mol. The van der Waals surface area contributed by atoms with Crippen molar-refractivity contribution in [3.05, 3.63) is 64.7 Å². The van der Waals surface area contributed by atoms with E-state index in [0.29, 0.717) is 28.7 Å². The third-order valence-corrected chi connectivity index (χ3v) is 6.44. The normalized spacial score (nSPS) is 18.5. The molecule has 0 aromatic heterocycles. The van der Waals surface area contributed by atoms with Gasteiger partial charge >= 0.3 is 5.97 Å². The van der Waals surface area contributed by atoms with Gasteiger partial charge < -0.3 is 4.74 Å². The number of hydrogen-bond acceptors (Lipinski definition) is 3. The Hall–Kier alpha value is -2.60. The van der Waals surface area contributed by atoms with Crippen LogP contribution in [0, 0.1) is 23.2 Å². The van der Waals surface area contributed by atoms with E-state index in [2.05, 4.69) is 39.0 Å². The Bertz CT molecular complexity index is 900. The molecule has 0 amide bonds. The maximum absolute atomic E-state index is 12.6. The van der Waals surface area contributed by atoms with Crippen LogP contribution in [0.5, 0.6) is 5.75 Å². The standard InChI is InChI=1S/C28H35NO2/c1-4-5-6-21-7-10-23(11-8-21)24-12-14-25(15-13-24)28(30)31-27-16-9-22(17-20(2)3)18-26(27)19-29/h9,12-16,18,20-21,23H,4-8,10-11,17H2,1-3H3. The number of nitriles is 1. The lowest BCUT2D eigenvalue weighted by molar-refractivity contribution is 0.0734. The van der Waals surface area contributed by atoms with Crippen molar-refractivity contribution in [3.63, 3.8) is 0 Å². The molecule has 0 unspecified atom stereocenters. The highest BCUT2D eigenvalue weighted by molar-refractivity contribution is 5.91. The van der Waals surface area contributed by atoms with Gasteiger partial charge in [-0.15, -0.1) is 0 Å². The second-order valence-electron chi connectivity index (χ2n) is 9.41. The molecule has 1 aliphatic carbocycles. The molecule has 3 heteroatoms. The highest BCUT2D eigenvalue weighted by Crippen LogP contribution is 2.37. The molecule has 164 valence electrons. The van der Waals surface area contributed by atoms with Gasteiger partial charge in [-0.2, -0.15) is 5.26 Å². The van der Waals surface area contributed by atoms with Crippen molar-refractivity contribution in [2.24, 2.45) is 11.8 Å². The molecule has 2 aromatic rings. The monoisotopic (exact) mass is 417 g/mol. The number of carbonyl (C=O) groups excluding carboxylic acids is 1. The van der Waals surface area contributed by atoms with Crippen LogP contribution in [-0.2, 0) is 6.42 Å². The Balaban J connectivity index is 1.60. The van der Waals surface area contributed by atoms with Gasteiger partial charge in [0.25, 0.3) is 0 Å². The van der Waals surface area contributed by atoms with Crippen LogP contribution >= 0.6 is 0 Å². The van der Waals surface area contributed by atoms with Crippen LogP contribution in [0.2, 0.25) is 0 Å². The molecule has 0 heterocycles. The largest absolute Gasteiger partial charge is 0.422 e. The molecule has 0 aliphatic heterocycles. The van der Waals surface area contributed by atoms with Crippen molar-refractivity contribution in [1.82, 2.24) is 0 Å². The van der Waals surface area contributed by atoms with Gasteiger partial charge in [-0.1, -0.05) is 58.2 Å². The summed E-state index contributed by atoms with van der Waals surface area (Å²) in [6, 6.07) is 15.5. The number of unbranched alkanes of at least 4 members (excludes halogenated alkanes) is 1. The van der Waals surface area contributed by atoms with Crippen LogP contribution in [0.4, 0.5) is 0 Å². The molecule has 0 atom stereocenters. The summed E-state index contributed by atoms with van der Waals surface area (Å²) in [5, 5.41) is 9.47. The Morgan fingerprint density at radius 1 is 1.10 bits per heavy atom. The summed E-state index contributed by atoms with van der Waals surface area (Å²) in [6.07, 6.45) is 10.0. The molecule has 0 bridgehead atoms. The van der Waals surface area contributed by atoms with E-state index < -0.39 is 5.97 Å². The van der Waals surface area contributed by atoms with Gasteiger partial charge in [0.1, 0.15) is 11.8 Å². The van der Waals surface area contributed by atoms with Crippen molar-refractivity contribution in [2.75, 3.05) is 0 Å². The van der Waals surface area contributed by atoms with Gasteiger partial charge in [-0.25, -0.2) is 4.79 Å². The summed E-state index contributed by atoms with van der Waals surface area (Å²) < 4.78 is 5.56. The van der Waals surface area contributed by atoms with E-state index in [9.17, 15) is 10.1 Å². The number of ether oxygens (including phenoxy) is 1. The molecule has 0 N–H and O–H groups in total. The predicted octanol–water partition coefficient (Wildman–Crippen LogP) is 7.44. The topological polar surface area (TPSA) is 50.1 Å². The van der Waals surface area contributed by atoms with Crippen LogP contribution in [0.1, 0.15) is 98.7 Å². The third kappa shape index (κ3) is 6.44. The zero-order valence-electron chi connectivity index (χ0n) is 19.2. The van der Waals surface area contributed by atoms with Gasteiger partial charge in [-0.05, 0) is 85.3 Å². The van der Waals surface area contributed by atoms with E-state index in [1.807, 2.05) is 24.3 Å².